The number of carboxylic acids is 1. The number of aliphatic carboxylic acids is 1. The van der Waals surface area contributed by atoms with Gasteiger partial charge in [0.1, 0.15) is 24.2 Å². The van der Waals surface area contributed by atoms with Crippen LogP contribution in [0, 0.1) is 17.1 Å². The Morgan fingerprint density at radius 1 is 1.09 bits per heavy atom. The Morgan fingerprint density at radius 2 is 1.82 bits per heavy atom. The molecule has 5 rings (SSSR count). The van der Waals surface area contributed by atoms with E-state index >= 15 is 0 Å². The molecule has 2 aliphatic rings. The van der Waals surface area contributed by atoms with Crippen LogP contribution in [0.5, 0.6) is 5.75 Å². The number of carbonyl (C=O) groups is 3. The van der Waals surface area contributed by atoms with Gasteiger partial charge in [0.2, 0.25) is 5.91 Å². The summed E-state index contributed by atoms with van der Waals surface area (Å²) < 4.78 is 20.6. The number of primary amides is 1. The van der Waals surface area contributed by atoms with Crippen molar-refractivity contribution < 1.29 is 28.6 Å². The molecule has 1 fully saturated rings. The van der Waals surface area contributed by atoms with Gasteiger partial charge in [0.05, 0.1) is 23.9 Å². The smallest absolute Gasteiger partial charge is 0.303 e. The predicted octanol–water partition coefficient (Wildman–Crippen LogP) is 3.83. The van der Waals surface area contributed by atoms with E-state index in [1.807, 2.05) is 23.1 Å². The maximum atomic E-state index is 14.5. The fourth-order valence-electron chi connectivity index (χ4n) is 5.87. The molecule has 0 unspecified atom stereocenters. The second kappa shape index (κ2) is 13.1. The molecule has 2 amide bonds. The highest BCUT2D eigenvalue weighted by Gasteiger charge is 2.37. The van der Waals surface area contributed by atoms with E-state index in [9.17, 15) is 18.8 Å². The van der Waals surface area contributed by atoms with Gasteiger partial charge in [-0.3, -0.25) is 19.3 Å². The van der Waals surface area contributed by atoms with Crippen molar-refractivity contribution >= 4 is 23.5 Å². The number of piperazine rings is 1. The maximum absolute atomic E-state index is 14.5. The van der Waals surface area contributed by atoms with Gasteiger partial charge in [-0.25, -0.2) is 4.39 Å². The number of nitrogens with zero attached hydrogens (tertiary/aromatic N) is 4. The average Bonchev–Trinajstić information content (AvgIpc) is 3.36. The van der Waals surface area contributed by atoms with Crippen molar-refractivity contribution in [1.29, 1.82) is 5.26 Å². The number of hydrogen-bond acceptors (Lipinski definition) is 7. The molecule has 11 heteroatoms. The number of carbonyl (C=O) groups excluding carboxylic acids is 2. The fourth-order valence-corrected chi connectivity index (χ4v) is 5.87. The molecular weight excluding hydrogens is 565 g/mol. The number of rotatable bonds is 11. The van der Waals surface area contributed by atoms with Crippen LogP contribution in [0.2, 0.25) is 0 Å². The first-order valence-corrected chi connectivity index (χ1v) is 14.5. The first-order valence-electron chi connectivity index (χ1n) is 14.5. The van der Waals surface area contributed by atoms with E-state index in [0.29, 0.717) is 41.2 Å². The fraction of sp³-hybridized carbons (Fsp3) is 0.333. The van der Waals surface area contributed by atoms with Crippen LogP contribution in [0.25, 0.3) is 0 Å². The van der Waals surface area contributed by atoms with E-state index in [4.69, 9.17) is 20.8 Å². The Hall–Kier alpha value is -4.95. The lowest BCUT2D eigenvalue weighted by molar-refractivity contribution is -0.137. The van der Waals surface area contributed by atoms with Gasteiger partial charge in [-0.05, 0) is 54.8 Å². The van der Waals surface area contributed by atoms with E-state index in [2.05, 4.69) is 24.0 Å². The molecule has 2 heterocycles. The van der Waals surface area contributed by atoms with Gasteiger partial charge in [0.25, 0.3) is 5.91 Å². The van der Waals surface area contributed by atoms with Crippen LogP contribution < -0.4 is 15.4 Å². The van der Waals surface area contributed by atoms with Crippen molar-refractivity contribution in [3.8, 4) is 11.8 Å². The molecule has 0 spiro atoms. The molecule has 3 aromatic carbocycles. The number of benzene rings is 3. The zero-order valence-corrected chi connectivity index (χ0v) is 24.4. The minimum Gasteiger partial charge on any atom is -0.489 e. The molecule has 0 bridgehead atoms. The second-order valence-electron chi connectivity index (χ2n) is 11.1. The SMILES string of the molecule is C[C@H](c1ccc(COc2cccc3c2CN([C@@H](CCC(=O)O)C(N)=O)C3=O)cc1)N1CCN(c2ccc(C#N)cc2F)CC1. The quantitative estimate of drug-likeness (QED) is 0.339. The van der Waals surface area contributed by atoms with Gasteiger partial charge < -0.3 is 25.4 Å². The lowest BCUT2D eigenvalue weighted by Crippen LogP contribution is -2.47. The van der Waals surface area contributed by atoms with Crippen molar-refractivity contribution in [1.82, 2.24) is 9.80 Å². The molecule has 228 valence electrons. The molecule has 3 aromatic rings. The predicted molar refractivity (Wildman–Crippen MR) is 160 cm³/mol. The molecular formula is C33H34FN5O5. The molecule has 0 aromatic heterocycles. The van der Waals surface area contributed by atoms with Crippen LogP contribution in [-0.4, -0.2) is 64.9 Å². The second-order valence-corrected chi connectivity index (χ2v) is 11.1. The molecule has 3 N–H and O–H groups in total. The Morgan fingerprint density at radius 3 is 2.45 bits per heavy atom. The van der Waals surface area contributed by atoms with Gasteiger partial charge in [0, 0.05) is 49.8 Å². The van der Waals surface area contributed by atoms with E-state index in [1.165, 1.54) is 11.0 Å². The third kappa shape index (κ3) is 6.50. The Balaban J connectivity index is 1.18. The first-order chi connectivity index (χ1) is 21.2. The average molecular weight is 600 g/mol. The van der Waals surface area contributed by atoms with Gasteiger partial charge in [-0.15, -0.1) is 0 Å². The summed E-state index contributed by atoms with van der Waals surface area (Å²) in [5.74, 6) is -2.04. The van der Waals surface area contributed by atoms with Crippen molar-refractivity contribution in [3.05, 3.63) is 94.3 Å². The minimum absolute atomic E-state index is 0.0588. The van der Waals surface area contributed by atoms with Crippen LogP contribution >= 0.6 is 0 Å². The number of halogens is 1. The number of anilines is 1. The zero-order chi connectivity index (χ0) is 31.4. The van der Waals surface area contributed by atoms with Crippen molar-refractivity contribution in [2.75, 3.05) is 31.1 Å². The monoisotopic (exact) mass is 599 g/mol. The summed E-state index contributed by atoms with van der Waals surface area (Å²) in [4.78, 5) is 41.8. The highest BCUT2D eigenvalue weighted by atomic mass is 19.1. The number of ether oxygens (including phenoxy) is 1. The third-order valence-electron chi connectivity index (χ3n) is 8.42. The summed E-state index contributed by atoms with van der Waals surface area (Å²) in [5.41, 5.74) is 9.49. The highest BCUT2D eigenvalue weighted by molar-refractivity contribution is 6.01. The van der Waals surface area contributed by atoms with Gasteiger partial charge >= 0.3 is 5.97 Å². The van der Waals surface area contributed by atoms with Crippen LogP contribution in [-0.2, 0) is 22.7 Å². The molecule has 44 heavy (non-hydrogen) atoms. The lowest BCUT2D eigenvalue weighted by Gasteiger charge is -2.39. The number of amides is 2. The van der Waals surface area contributed by atoms with E-state index < -0.39 is 17.9 Å². The first kappa shape index (κ1) is 30.5. The van der Waals surface area contributed by atoms with Crippen molar-refractivity contribution in [2.24, 2.45) is 5.73 Å². The Bertz CT molecular complexity index is 1600. The number of nitriles is 1. The molecule has 0 saturated carbocycles. The van der Waals surface area contributed by atoms with E-state index in [1.54, 1.807) is 30.3 Å². The molecule has 2 atom stereocenters. The normalized spacial score (nSPS) is 16.2. The van der Waals surface area contributed by atoms with Crippen LogP contribution in [0.3, 0.4) is 0 Å². The summed E-state index contributed by atoms with van der Waals surface area (Å²) in [6.45, 7) is 5.43. The standard InChI is InChI=1S/C33H34FN5O5/c1-21(37-13-15-38(16-14-37)28-10-7-23(18-35)17-27(28)34)24-8-5-22(6-9-24)20-44-30-4-2-3-25-26(30)19-39(33(25)43)29(32(36)42)11-12-31(40)41/h2-10,17,21,29H,11-16,19-20H2,1H3,(H2,36,42)(H,40,41)/t21-,29+/m1/s1. The zero-order valence-electron chi connectivity index (χ0n) is 24.4. The number of carboxylic acid groups (broad SMARTS) is 1. The lowest BCUT2D eigenvalue weighted by atomic mass is 10.0. The molecule has 10 nitrogen and oxygen atoms in total. The third-order valence-corrected chi connectivity index (χ3v) is 8.42. The van der Waals surface area contributed by atoms with Crippen LogP contribution in [0.15, 0.2) is 60.7 Å². The largest absolute Gasteiger partial charge is 0.489 e. The van der Waals surface area contributed by atoms with Crippen molar-refractivity contribution in [3.63, 3.8) is 0 Å². The summed E-state index contributed by atoms with van der Waals surface area (Å²) in [7, 11) is 0. The van der Waals surface area contributed by atoms with Gasteiger partial charge in [-0.1, -0.05) is 30.3 Å². The number of fused-ring (bicyclic) bond motifs is 1. The van der Waals surface area contributed by atoms with Crippen molar-refractivity contribution in [2.45, 2.75) is 45.0 Å². The summed E-state index contributed by atoms with van der Waals surface area (Å²) >= 11 is 0. The summed E-state index contributed by atoms with van der Waals surface area (Å²) in [5, 5.41) is 18.0. The summed E-state index contributed by atoms with van der Waals surface area (Å²) in [6.07, 6.45) is -0.336. The number of hydrogen-bond donors (Lipinski definition) is 2. The Labute approximate surface area is 255 Å². The van der Waals surface area contributed by atoms with Crippen LogP contribution in [0.1, 0.15) is 58.4 Å². The molecule has 0 aliphatic carbocycles. The van der Waals surface area contributed by atoms with Gasteiger partial charge in [-0.2, -0.15) is 5.26 Å². The highest BCUT2D eigenvalue weighted by Crippen LogP contribution is 2.34. The Kier molecular flexibility index (Phi) is 9.11. The maximum Gasteiger partial charge on any atom is 0.303 e. The van der Waals surface area contributed by atoms with E-state index in [-0.39, 0.29) is 43.8 Å². The minimum atomic E-state index is -1.07. The molecule has 1 saturated heterocycles. The topological polar surface area (TPSA) is 140 Å². The van der Waals surface area contributed by atoms with Gasteiger partial charge in [0.15, 0.2) is 0 Å². The molecule has 0 radical (unpaired) electrons. The number of nitrogens with two attached hydrogens (primary N) is 1. The summed E-state index contributed by atoms with van der Waals surface area (Å²) in [6, 6.07) is 19.0. The molecule has 2 aliphatic heterocycles. The van der Waals surface area contributed by atoms with Crippen LogP contribution in [0.4, 0.5) is 10.1 Å². The van der Waals surface area contributed by atoms with E-state index in [0.717, 1.165) is 24.2 Å².